The van der Waals surface area contributed by atoms with Gasteiger partial charge in [-0.25, -0.2) is 0 Å². The summed E-state index contributed by atoms with van der Waals surface area (Å²) < 4.78 is 0. The largest absolute Gasteiger partial charge is 0.348 e. The fourth-order valence-corrected chi connectivity index (χ4v) is 5.32. The van der Waals surface area contributed by atoms with Gasteiger partial charge in [0.2, 0.25) is 5.91 Å². The van der Waals surface area contributed by atoms with Crippen molar-refractivity contribution >= 4 is 17.5 Å². The molecule has 35 heavy (non-hydrogen) atoms. The van der Waals surface area contributed by atoms with Crippen LogP contribution in [0.25, 0.3) is 0 Å². The summed E-state index contributed by atoms with van der Waals surface area (Å²) in [7, 11) is 2.09. The highest BCUT2D eigenvalue weighted by atomic mass is 16.2. The number of carbonyl (C=O) groups excluding carboxylic acids is 2. The Hall–Kier alpha value is -2.70. The van der Waals surface area contributed by atoms with Crippen molar-refractivity contribution in [1.82, 2.24) is 10.2 Å². The number of nitrogens with one attached hydrogen (secondary N) is 2. The molecule has 188 valence electrons. The first-order chi connectivity index (χ1) is 17.0. The molecule has 2 unspecified atom stereocenters. The van der Waals surface area contributed by atoms with Gasteiger partial charge in [-0.3, -0.25) is 9.59 Å². The Balaban J connectivity index is 1.46. The number of hydrogen-bond acceptors (Lipinski definition) is 4. The molecule has 6 nitrogen and oxygen atoms in total. The van der Waals surface area contributed by atoms with E-state index in [-0.39, 0.29) is 29.8 Å². The SMILES string of the molecule is CN(CCc1ccccc1)Cc1ccc(C(=O)NC2CCCCC2N)cc1NC(=O)C1CCCC1. The van der Waals surface area contributed by atoms with E-state index in [4.69, 9.17) is 5.73 Å². The van der Waals surface area contributed by atoms with E-state index in [2.05, 4.69) is 46.8 Å². The molecule has 0 aliphatic heterocycles. The van der Waals surface area contributed by atoms with E-state index in [1.165, 1.54) is 5.56 Å². The van der Waals surface area contributed by atoms with E-state index >= 15 is 0 Å². The van der Waals surface area contributed by atoms with Crippen molar-refractivity contribution in [3.05, 3.63) is 65.2 Å². The average Bonchev–Trinajstić information content (AvgIpc) is 3.41. The summed E-state index contributed by atoms with van der Waals surface area (Å²) in [5, 5.41) is 6.30. The summed E-state index contributed by atoms with van der Waals surface area (Å²) >= 11 is 0. The van der Waals surface area contributed by atoms with Crippen molar-refractivity contribution in [2.24, 2.45) is 11.7 Å². The summed E-state index contributed by atoms with van der Waals surface area (Å²) in [5.74, 6) is 0.0200. The van der Waals surface area contributed by atoms with Gasteiger partial charge in [0.25, 0.3) is 5.91 Å². The Bertz CT molecular complexity index is 987. The summed E-state index contributed by atoms with van der Waals surface area (Å²) in [5.41, 5.74) is 9.89. The standard InChI is InChI=1S/C29H40N4O2/c1-33(18-17-21-9-3-2-4-10-21)20-24-16-15-23(29(35)31-26-14-8-7-13-25(26)30)19-27(24)32-28(34)22-11-5-6-12-22/h2-4,9-10,15-16,19,22,25-26H,5-8,11-14,17-18,20,30H2,1H3,(H,31,35)(H,32,34). The van der Waals surface area contributed by atoms with Crippen LogP contribution in [0.4, 0.5) is 5.69 Å². The summed E-state index contributed by atoms with van der Waals surface area (Å²) in [4.78, 5) is 28.3. The molecule has 6 heteroatoms. The lowest BCUT2D eigenvalue weighted by Gasteiger charge is -2.29. The molecule has 0 aromatic heterocycles. The molecule has 2 aromatic carbocycles. The molecule has 2 atom stereocenters. The molecule has 0 saturated heterocycles. The second-order valence-electron chi connectivity index (χ2n) is 10.3. The molecule has 0 spiro atoms. The van der Waals surface area contributed by atoms with Crippen LogP contribution < -0.4 is 16.4 Å². The third-order valence-corrected chi connectivity index (χ3v) is 7.56. The third-order valence-electron chi connectivity index (χ3n) is 7.56. The van der Waals surface area contributed by atoms with Crippen LogP contribution in [0.5, 0.6) is 0 Å². The number of likely N-dealkylation sites (N-methyl/N-ethyl adjacent to an activating group) is 1. The number of amides is 2. The molecule has 2 aliphatic carbocycles. The molecule has 0 bridgehead atoms. The first-order valence-corrected chi connectivity index (χ1v) is 13.2. The molecular formula is C29H40N4O2. The van der Waals surface area contributed by atoms with Gasteiger partial charge in [0.15, 0.2) is 0 Å². The van der Waals surface area contributed by atoms with Crippen molar-refractivity contribution < 1.29 is 9.59 Å². The van der Waals surface area contributed by atoms with E-state index in [1.807, 2.05) is 24.3 Å². The first kappa shape index (κ1) is 25.4. The van der Waals surface area contributed by atoms with Crippen LogP contribution in [0.15, 0.2) is 48.5 Å². The zero-order valence-corrected chi connectivity index (χ0v) is 21.0. The topological polar surface area (TPSA) is 87.5 Å². The molecule has 2 amide bonds. The van der Waals surface area contributed by atoms with Gasteiger partial charge in [-0.05, 0) is 62.4 Å². The maximum Gasteiger partial charge on any atom is 0.251 e. The Morgan fingerprint density at radius 3 is 2.43 bits per heavy atom. The molecular weight excluding hydrogens is 436 g/mol. The molecule has 4 rings (SSSR count). The third kappa shape index (κ3) is 7.15. The van der Waals surface area contributed by atoms with Crippen LogP contribution in [-0.4, -0.2) is 42.4 Å². The van der Waals surface area contributed by atoms with Crippen LogP contribution in [-0.2, 0) is 17.8 Å². The van der Waals surface area contributed by atoms with Crippen molar-refractivity contribution in [3.8, 4) is 0 Å². The van der Waals surface area contributed by atoms with Gasteiger partial charge in [-0.2, -0.15) is 0 Å². The number of rotatable bonds is 9. The maximum atomic E-state index is 13.1. The van der Waals surface area contributed by atoms with Gasteiger partial charge in [0, 0.05) is 42.3 Å². The number of benzene rings is 2. The highest BCUT2D eigenvalue weighted by Crippen LogP contribution is 2.28. The smallest absolute Gasteiger partial charge is 0.251 e. The van der Waals surface area contributed by atoms with Gasteiger partial charge in [-0.15, -0.1) is 0 Å². The average molecular weight is 477 g/mol. The maximum absolute atomic E-state index is 13.1. The fourth-order valence-electron chi connectivity index (χ4n) is 5.32. The quantitative estimate of drug-likeness (QED) is 0.498. The molecule has 4 N–H and O–H groups in total. The van der Waals surface area contributed by atoms with Crippen LogP contribution >= 0.6 is 0 Å². The van der Waals surface area contributed by atoms with Crippen molar-refractivity contribution in [2.45, 2.75) is 76.4 Å². The Kier molecular flexibility index (Phi) is 8.94. The summed E-state index contributed by atoms with van der Waals surface area (Å²) in [6.07, 6.45) is 9.14. The number of carbonyl (C=O) groups is 2. The predicted octanol–water partition coefficient (Wildman–Crippen LogP) is 4.49. The molecule has 2 aliphatic rings. The second-order valence-corrected chi connectivity index (χ2v) is 10.3. The van der Waals surface area contributed by atoms with Crippen molar-refractivity contribution in [3.63, 3.8) is 0 Å². The molecule has 0 heterocycles. The van der Waals surface area contributed by atoms with E-state index in [0.29, 0.717) is 12.1 Å². The molecule has 2 fully saturated rings. The lowest BCUT2D eigenvalue weighted by atomic mass is 9.91. The lowest BCUT2D eigenvalue weighted by Crippen LogP contribution is -2.49. The van der Waals surface area contributed by atoms with E-state index in [1.54, 1.807) is 0 Å². The highest BCUT2D eigenvalue weighted by molar-refractivity contribution is 5.98. The van der Waals surface area contributed by atoms with Gasteiger partial charge < -0.3 is 21.3 Å². The Morgan fingerprint density at radius 1 is 0.971 bits per heavy atom. The summed E-state index contributed by atoms with van der Waals surface area (Å²) in [6.45, 7) is 1.60. The van der Waals surface area contributed by atoms with Crippen LogP contribution in [0, 0.1) is 5.92 Å². The lowest BCUT2D eigenvalue weighted by molar-refractivity contribution is -0.119. The normalized spacial score (nSPS) is 20.7. The van der Waals surface area contributed by atoms with Gasteiger partial charge in [0.05, 0.1) is 0 Å². The summed E-state index contributed by atoms with van der Waals surface area (Å²) in [6, 6.07) is 16.2. The van der Waals surface area contributed by atoms with Crippen LogP contribution in [0.2, 0.25) is 0 Å². The first-order valence-electron chi connectivity index (χ1n) is 13.2. The monoisotopic (exact) mass is 476 g/mol. The van der Waals surface area contributed by atoms with Crippen molar-refractivity contribution in [2.75, 3.05) is 18.9 Å². The van der Waals surface area contributed by atoms with Gasteiger partial charge in [-0.1, -0.05) is 62.1 Å². The van der Waals surface area contributed by atoms with E-state index in [9.17, 15) is 9.59 Å². The minimum atomic E-state index is -0.118. The fraction of sp³-hybridized carbons (Fsp3) is 0.517. The minimum Gasteiger partial charge on any atom is -0.348 e. The Morgan fingerprint density at radius 2 is 1.69 bits per heavy atom. The predicted molar refractivity (Wildman–Crippen MR) is 141 cm³/mol. The zero-order valence-electron chi connectivity index (χ0n) is 21.0. The number of nitrogens with zero attached hydrogens (tertiary/aromatic N) is 1. The van der Waals surface area contributed by atoms with Crippen LogP contribution in [0.1, 0.15) is 72.9 Å². The molecule has 2 aromatic rings. The number of nitrogens with two attached hydrogens (primary N) is 1. The van der Waals surface area contributed by atoms with Gasteiger partial charge in [0.1, 0.15) is 0 Å². The number of hydrogen-bond donors (Lipinski definition) is 3. The zero-order chi connectivity index (χ0) is 24.6. The van der Waals surface area contributed by atoms with E-state index < -0.39 is 0 Å². The molecule has 0 radical (unpaired) electrons. The minimum absolute atomic E-state index is 0.00628. The van der Waals surface area contributed by atoms with E-state index in [0.717, 1.165) is 75.6 Å². The number of anilines is 1. The second kappa shape index (κ2) is 12.3. The highest BCUT2D eigenvalue weighted by Gasteiger charge is 2.26. The molecule has 2 saturated carbocycles. The van der Waals surface area contributed by atoms with Crippen LogP contribution in [0.3, 0.4) is 0 Å². The van der Waals surface area contributed by atoms with Gasteiger partial charge >= 0.3 is 0 Å². The van der Waals surface area contributed by atoms with Crippen molar-refractivity contribution in [1.29, 1.82) is 0 Å². The Labute approximate surface area is 209 Å².